The lowest BCUT2D eigenvalue weighted by Crippen LogP contribution is -2.44. The molecule has 3 nitrogen and oxygen atoms in total. The molecule has 1 spiro atoms. The van der Waals surface area contributed by atoms with E-state index in [9.17, 15) is 13.2 Å². The SMILES string of the molecule is CC(C)c1nc2c(c3c1[C@@H](c1ccc(C(F)(F)F)s1)OC31CCCC1I)C(O[Si](C)(C)C(C)(C)C)CC(C)(C)C2. The average Bonchev–Trinajstić information content (AvgIpc) is 3.49. The standard InChI is InChI=1S/C31H43F3INO2SSi/c1-17(2)26-24-25(23-18(36-26)15-29(6,7)16-19(23)38-40(8,9)28(3,4)5)30(14-10-11-21(30)35)37-27(24)20-12-13-22(39-20)31(32,33)34/h12-13,17,19,21,27H,10-11,14-16H2,1-9H3/t19?,21?,27-,30?/m1/s1. The van der Waals surface area contributed by atoms with Crippen LogP contribution in [0.25, 0.3) is 0 Å². The summed E-state index contributed by atoms with van der Waals surface area (Å²) in [6, 6.07) is 2.82. The lowest BCUT2D eigenvalue weighted by Gasteiger charge is -2.45. The topological polar surface area (TPSA) is 31.4 Å². The monoisotopic (exact) mass is 705 g/mol. The summed E-state index contributed by atoms with van der Waals surface area (Å²) in [7, 11) is -2.15. The first kappa shape index (κ1) is 30.9. The van der Waals surface area contributed by atoms with Crippen molar-refractivity contribution in [3.8, 4) is 0 Å². The highest BCUT2D eigenvalue weighted by molar-refractivity contribution is 14.1. The highest BCUT2D eigenvalue weighted by atomic mass is 127. The predicted octanol–water partition coefficient (Wildman–Crippen LogP) is 10.6. The van der Waals surface area contributed by atoms with Gasteiger partial charge in [0.05, 0.1) is 6.10 Å². The number of rotatable bonds is 4. The Hall–Kier alpha value is -0.493. The van der Waals surface area contributed by atoms with Gasteiger partial charge in [-0.1, -0.05) is 71.1 Å². The molecule has 3 unspecified atom stereocenters. The lowest BCUT2D eigenvalue weighted by molar-refractivity contribution is -0.134. The Balaban J connectivity index is 1.79. The third kappa shape index (κ3) is 5.15. The summed E-state index contributed by atoms with van der Waals surface area (Å²) < 4.78 is 55.7. The molecule has 0 bridgehead atoms. The molecule has 0 radical (unpaired) electrons. The van der Waals surface area contributed by atoms with E-state index in [1.54, 1.807) is 6.07 Å². The molecular formula is C31H43F3INO2SSi. The molecule has 2 aromatic heterocycles. The number of fused-ring (bicyclic) bond motifs is 4. The molecule has 0 N–H and O–H groups in total. The van der Waals surface area contributed by atoms with Crippen LogP contribution in [-0.4, -0.2) is 17.2 Å². The van der Waals surface area contributed by atoms with Crippen LogP contribution in [0.15, 0.2) is 12.1 Å². The largest absolute Gasteiger partial charge is 0.425 e. The van der Waals surface area contributed by atoms with Gasteiger partial charge >= 0.3 is 6.18 Å². The summed E-state index contributed by atoms with van der Waals surface area (Å²) in [5, 5.41) is 0.0457. The second kappa shape index (κ2) is 10.0. The highest BCUT2D eigenvalue weighted by Gasteiger charge is 2.57. The Morgan fingerprint density at radius 3 is 2.35 bits per heavy atom. The van der Waals surface area contributed by atoms with Gasteiger partial charge in [0.2, 0.25) is 0 Å². The normalized spacial score (nSPS) is 28.4. The van der Waals surface area contributed by atoms with Crippen LogP contribution in [-0.2, 0) is 27.4 Å². The quantitative estimate of drug-likeness (QED) is 0.180. The van der Waals surface area contributed by atoms with Crippen LogP contribution in [0, 0.1) is 5.41 Å². The molecule has 5 rings (SSSR count). The van der Waals surface area contributed by atoms with E-state index in [4.69, 9.17) is 14.1 Å². The van der Waals surface area contributed by atoms with E-state index in [1.807, 2.05) is 0 Å². The predicted molar refractivity (Wildman–Crippen MR) is 167 cm³/mol. The molecule has 3 heterocycles. The van der Waals surface area contributed by atoms with E-state index in [0.29, 0.717) is 4.88 Å². The average molecular weight is 706 g/mol. The minimum Gasteiger partial charge on any atom is -0.410 e. The summed E-state index contributed by atoms with van der Waals surface area (Å²) in [6.07, 6.45) is -0.355. The van der Waals surface area contributed by atoms with Crippen LogP contribution >= 0.6 is 33.9 Å². The third-order valence-electron chi connectivity index (χ3n) is 9.57. The number of pyridine rings is 1. The van der Waals surface area contributed by atoms with E-state index in [0.717, 1.165) is 60.4 Å². The highest BCUT2D eigenvalue weighted by Crippen LogP contribution is 2.62. The number of nitrogens with zero attached hydrogens (tertiary/aromatic N) is 1. The fourth-order valence-electron chi connectivity index (χ4n) is 6.61. The van der Waals surface area contributed by atoms with Crippen molar-refractivity contribution in [3.63, 3.8) is 0 Å². The van der Waals surface area contributed by atoms with Crippen LogP contribution in [0.4, 0.5) is 13.2 Å². The van der Waals surface area contributed by atoms with Crippen LogP contribution in [0.1, 0.15) is 130 Å². The molecule has 1 saturated carbocycles. The lowest BCUT2D eigenvalue weighted by atomic mass is 9.70. The van der Waals surface area contributed by atoms with E-state index in [-0.39, 0.29) is 26.4 Å². The molecule has 0 aromatic carbocycles. The first-order chi connectivity index (χ1) is 18.3. The van der Waals surface area contributed by atoms with Crippen molar-refractivity contribution in [2.45, 2.75) is 133 Å². The molecule has 1 aliphatic heterocycles. The maximum atomic E-state index is 13.7. The van der Waals surface area contributed by atoms with Gasteiger partial charge in [-0.25, -0.2) is 0 Å². The van der Waals surface area contributed by atoms with Crippen molar-refractivity contribution in [2.75, 3.05) is 0 Å². The molecule has 0 saturated heterocycles. The van der Waals surface area contributed by atoms with Gasteiger partial charge in [0.25, 0.3) is 0 Å². The number of thiophene rings is 1. The maximum Gasteiger partial charge on any atom is 0.425 e. The van der Waals surface area contributed by atoms with Crippen molar-refractivity contribution in [1.29, 1.82) is 0 Å². The molecule has 2 aromatic rings. The van der Waals surface area contributed by atoms with Crippen LogP contribution in [0.5, 0.6) is 0 Å². The van der Waals surface area contributed by atoms with E-state index >= 15 is 0 Å². The van der Waals surface area contributed by atoms with Crippen molar-refractivity contribution in [3.05, 3.63) is 50.0 Å². The fourth-order valence-corrected chi connectivity index (χ4v) is 10.0. The van der Waals surface area contributed by atoms with Gasteiger partial charge in [0.1, 0.15) is 16.6 Å². The molecule has 0 amide bonds. The van der Waals surface area contributed by atoms with Crippen molar-refractivity contribution in [2.24, 2.45) is 5.41 Å². The number of hydrogen-bond donors (Lipinski definition) is 0. The summed E-state index contributed by atoms with van der Waals surface area (Å²) in [4.78, 5) is 5.40. The summed E-state index contributed by atoms with van der Waals surface area (Å²) >= 11 is 3.35. The van der Waals surface area contributed by atoms with E-state index < -0.39 is 31.1 Å². The molecule has 222 valence electrons. The van der Waals surface area contributed by atoms with Crippen molar-refractivity contribution in [1.82, 2.24) is 4.98 Å². The first-order valence-corrected chi connectivity index (χ1v) is 19.5. The fraction of sp³-hybridized carbons (Fsp3) is 0.710. The smallest absolute Gasteiger partial charge is 0.410 e. The molecule has 4 atom stereocenters. The number of hydrogen-bond acceptors (Lipinski definition) is 4. The molecule has 40 heavy (non-hydrogen) atoms. The number of alkyl halides is 4. The zero-order valence-electron chi connectivity index (χ0n) is 25.2. The zero-order valence-corrected chi connectivity index (χ0v) is 29.2. The minimum atomic E-state index is -4.37. The van der Waals surface area contributed by atoms with Crippen LogP contribution in [0.2, 0.25) is 18.1 Å². The Morgan fingerprint density at radius 2 is 1.82 bits per heavy atom. The second-order valence-corrected chi connectivity index (χ2v) is 22.0. The summed E-state index contributed by atoms with van der Waals surface area (Å²) in [5.41, 5.74) is 4.94. The zero-order chi connectivity index (χ0) is 29.6. The first-order valence-electron chi connectivity index (χ1n) is 14.5. The maximum absolute atomic E-state index is 13.7. The van der Waals surface area contributed by atoms with Gasteiger partial charge in [0.15, 0.2) is 8.32 Å². The minimum absolute atomic E-state index is 0.0241. The Labute approximate surface area is 256 Å². The van der Waals surface area contributed by atoms with Crippen molar-refractivity contribution < 1.29 is 22.3 Å². The number of halogens is 4. The summed E-state index contributed by atoms with van der Waals surface area (Å²) in [5.74, 6) is 0.112. The number of aromatic nitrogens is 1. The molecule has 2 aliphatic carbocycles. The molecule has 9 heteroatoms. The van der Waals surface area contributed by atoms with Gasteiger partial charge in [-0.15, -0.1) is 11.3 Å². The Morgan fingerprint density at radius 1 is 1.15 bits per heavy atom. The van der Waals surface area contributed by atoms with Gasteiger partial charge < -0.3 is 9.16 Å². The summed E-state index contributed by atoms with van der Waals surface area (Å²) in [6.45, 7) is 20.3. The van der Waals surface area contributed by atoms with E-state index in [1.165, 1.54) is 17.2 Å². The van der Waals surface area contributed by atoms with Gasteiger partial charge in [0, 0.05) is 36.9 Å². The second-order valence-electron chi connectivity index (χ2n) is 14.7. The molecule has 3 aliphatic rings. The molecule has 1 fully saturated rings. The molecular weight excluding hydrogens is 662 g/mol. The van der Waals surface area contributed by atoms with Gasteiger partial charge in [-0.3, -0.25) is 4.98 Å². The van der Waals surface area contributed by atoms with Gasteiger partial charge in [-0.2, -0.15) is 13.2 Å². The third-order valence-corrected chi connectivity index (χ3v) is 16.9. The van der Waals surface area contributed by atoms with Crippen molar-refractivity contribution >= 4 is 42.2 Å². The van der Waals surface area contributed by atoms with Crippen LogP contribution in [0.3, 0.4) is 0 Å². The Kier molecular flexibility index (Phi) is 7.76. The van der Waals surface area contributed by atoms with Crippen LogP contribution < -0.4 is 0 Å². The number of ether oxygens (including phenoxy) is 1. The Bertz CT molecular complexity index is 1300. The van der Waals surface area contributed by atoms with Gasteiger partial charge in [-0.05, 0) is 73.7 Å². The van der Waals surface area contributed by atoms with E-state index in [2.05, 4.69) is 84.2 Å².